The van der Waals surface area contributed by atoms with E-state index in [1.165, 1.54) is 27.7 Å². The van der Waals surface area contributed by atoms with Crippen molar-refractivity contribution in [3.63, 3.8) is 0 Å². The second-order valence-electron chi connectivity index (χ2n) is 7.75. The lowest BCUT2D eigenvalue weighted by molar-refractivity contribution is -0.146. The van der Waals surface area contributed by atoms with Crippen molar-refractivity contribution in [2.75, 3.05) is 13.1 Å². The normalized spacial score (nSPS) is 10.8. The van der Waals surface area contributed by atoms with Crippen molar-refractivity contribution in [2.45, 2.75) is 45.4 Å². The van der Waals surface area contributed by atoms with Crippen LogP contribution >= 0.6 is 0 Å². The molecular weight excluding hydrogens is 424 g/mol. The molecule has 0 atom stereocenters. The van der Waals surface area contributed by atoms with Crippen LogP contribution in [0.15, 0.2) is 30.3 Å². The fourth-order valence-electron chi connectivity index (χ4n) is 2.20. The van der Waals surface area contributed by atoms with E-state index in [0.29, 0.717) is 0 Å². The first-order valence-electron chi connectivity index (χ1n) is 9.42. The average Bonchev–Trinajstić information content (AvgIpc) is 2.68. The first kappa shape index (κ1) is 28.3. The molecule has 0 aliphatic rings. The molecule has 0 saturated carbocycles. The molecule has 0 unspecified atom stereocenters. The third kappa shape index (κ3) is 9.89. The van der Waals surface area contributed by atoms with Gasteiger partial charge in [-0.2, -0.15) is 0 Å². The first-order chi connectivity index (χ1) is 14.3. The SMILES string of the molecule is CC(C)(NC(=O)CNC(=O)C(C)(C)NC(=O)CNC(=O)OCc1ccccc1)C(=O)O.O. The van der Waals surface area contributed by atoms with E-state index in [2.05, 4.69) is 21.3 Å². The van der Waals surface area contributed by atoms with Gasteiger partial charge >= 0.3 is 12.1 Å². The number of nitrogens with one attached hydrogen (secondary N) is 4. The van der Waals surface area contributed by atoms with E-state index in [9.17, 15) is 24.0 Å². The van der Waals surface area contributed by atoms with Crippen LogP contribution in [0.1, 0.15) is 33.3 Å². The van der Waals surface area contributed by atoms with Crippen LogP contribution in [0, 0.1) is 0 Å². The number of aliphatic carboxylic acids is 1. The van der Waals surface area contributed by atoms with Crippen LogP contribution in [0.4, 0.5) is 4.79 Å². The summed E-state index contributed by atoms with van der Waals surface area (Å²) >= 11 is 0. The van der Waals surface area contributed by atoms with Gasteiger partial charge in [0.05, 0.1) is 6.54 Å². The minimum absolute atomic E-state index is 0. The molecule has 12 nitrogen and oxygen atoms in total. The lowest BCUT2D eigenvalue weighted by Crippen LogP contribution is -2.58. The van der Waals surface area contributed by atoms with Gasteiger partial charge in [-0.1, -0.05) is 30.3 Å². The minimum Gasteiger partial charge on any atom is -0.480 e. The largest absolute Gasteiger partial charge is 0.480 e. The molecule has 178 valence electrons. The van der Waals surface area contributed by atoms with Crippen LogP contribution in [0.2, 0.25) is 0 Å². The Balaban J connectivity index is 0.00000961. The summed E-state index contributed by atoms with van der Waals surface area (Å²) in [4.78, 5) is 58.8. The van der Waals surface area contributed by atoms with Crippen molar-refractivity contribution in [2.24, 2.45) is 0 Å². The van der Waals surface area contributed by atoms with Gasteiger partial charge in [0.25, 0.3) is 0 Å². The number of carboxylic acid groups (broad SMARTS) is 1. The number of hydrogen-bond acceptors (Lipinski definition) is 6. The van der Waals surface area contributed by atoms with Crippen LogP contribution in [0.3, 0.4) is 0 Å². The predicted molar refractivity (Wildman–Crippen MR) is 113 cm³/mol. The molecule has 0 spiro atoms. The zero-order chi connectivity index (χ0) is 23.7. The Morgan fingerprint density at radius 3 is 1.88 bits per heavy atom. The lowest BCUT2D eigenvalue weighted by Gasteiger charge is -2.26. The van der Waals surface area contributed by atoms with Crippen LogP contribution in [-0.4, -0.2) is 64.5 Å². The summed E-state index contributed by atoms with van der Waals surface area (Å²) in [6, 6.07) is 8.99. The van der Waals surface area contributed by atoms with Gasteiger partial charge < -0.3 is 36.6 Å². The zero-order valence-corrected chi connectivity index (χ0v) is 18.4. The smallest absolute Gasteiger partial charge is 0.407 e. The summed E-state index contributed by atoms with van der Waals surface area (Å²) < 4.78 is 4.98. The summed E-state index contributed by atoms with van der Waals surface area (Å²) in [5.74, 6) is -3.25. The number of ether oxygens (including phenoxy) is 1. The van der Waals surface area contributed by atoms with Crippen LogP contribution in [-0.2, 0) is 30.5 Å². The Bertz CT molecular complexity index is 824. The van der Waals surface area contributed by atoms with Gasteiger partial charge in [-0.3, -0.25) is 14.4 Å². The van der Waals surface area contributed by atoms with Crippen molar-refractivity contribution in [1.29, 1.82) is 0 Å². The minimum atomic E-state index is -1.49. The van der Waals surface area contributed by atoms with E-state index in [0.717, 1.165) is 5.56 Å². The molecule has 1 aromatic carbocycles. The zero-order valence-electron chi connectivity index (χ0n) is 18.4. The Morgan fingerprint density at radius 1 is 0.844 bits per heavy atom. The molecule has 12 heteroatoms. The topological polar surface area (TPSA) is 194 Å². The molecule has 32 heavy (non-hydrogen) atoms. The molecule has 0 aromatic heterocycles. The van der Waals surface area contributed by atoms with Gasteiger partial charge in [-0.15, -0.1) is 0 Å². The van der Waals surface area contributed by atoms with Crippen LogP contribution in [0.25, 0.3) is 0 Å². The molecule has 0 aliphatic carbocycles. The highest BCUT2D eigenvalue weighted by Gasteiger charge is 2.32. The second kappa shape index (κ2) is 12.2. The number of rotatable bonds is 10. The summed E-state index contributed by atoms with van der Waals surface area (Å²) in [7, 11) is 0. The second-order valence-corrected chi connectivity index (χ2v) is 7.75. The number of alkyl carbamates (subject to hydrolysis) is 1. The molecule has 0 aliphatic heterocycles. The van der Waals surface area contributed by atoms with Crippen LogP contribution in [0.5, 0.6) is 0 Å². The predicted octanol–water partition coefficient (Wildman–Crippen LogP) is -0.921. The van der Waals surface area contributed by atoms with E-state index in [4.69, 9.17) is 9.84 Å². The van der Waals surface area contributed by atoms with E-state index in [1.807, 2.05) is 6.07 Å². The third-order valence-electron chi connectivity index (χ3n) is 4.02. The molecule has 0 saturated heterocycles. The van der Waals surface area contributed by atoms with Crippen molar-refractivity contribution in [1.82, 2.24) is 21.3 Å². The van der Waals surface area contributed by atoms with Crippen molar-refractivity contribution in [3.8, 4) is 0 Å². The van der Waals surface area contributed by atoms with Gasteiger partial charge in [0.15, 0.2) is 0 Å². The molecule has 7 N–H and O–H groups in total. The molecule has 0 heterocycles. The Morgan fingerprint density at radius 2 is 1.34 bits per heavy atom. The number of carbonyl (C=O) groups excluding carboxylic acids is 4. The molecule has 0 radical (unpaired) electrons. The highest BCUT2D eigenvalue weighted by atomic mass is 16.5. The number of amides is 4. The summed E-state index contributed by atoms with van der Waals surface area (Å²) in [6.07, 6.45) is -0.793. The van der Waals surface area contributed by atoms with Crippen molar-refractivity contribution < 1.29 is 39.3 Å². The fraction of sp³-hybridized carbons (Fsp3) is 0.450. The molecule has 0 fully saturated rings. The number of hydrogen-bond donors (Lipinski definition) is 5. The van der Waals surface area contributed by atoms with Crippen molar-refractivity contribution in [3.05, 3.63) is 35.9 Å². The highest BCUT2D eigenvalue weighted by Crippen LogP contribution is 2.04. The van der Waals surface area contributed by atoms with E-state index in [-0.39, 0.29) is 12.1 Å². The van der Waals surface area contributed by atoms with E-state index in [1.54, 1.807) is 24.3 Å². The highest BCUT2D eigenvalue weighted by molar-refractivity contribution is 5.94. The number of benzene rings is 1. The van der Waals surface area contributed by atoms with Gasteiger partial charge in [-0.25, -0.2) is 9.59 Å². The average molecular weight is 454 g/mol. The van der Waals surface area contributed by atoms with Gasteiger partial charge in [0.2, 0.25) is 17.7 Å². The maximum absolute atomic E-state index is 12.3. The first-order valence-corrected chi connectivity index (χ1v) is 9.42. The third-order valence-corrected chi connectivity index (χ3v) is 4.02. The van der Waals surface area contributed by atoms with E-state index < -0.39 is 54.0 Å². The molecule has 1 rings (SSSR count). The maximum Gasteiger partial charge on any atom is 0.407 e. The standard InChI is InChI=1S/C20H28N4O7.H2O/c1-19(2,16(27)21-10-14(25)24-20(3,4)17(28)29)23-15(26)11-22-18(30)31-12-13-8-6-5-7-9-13;/h5-9H,10-12H2,1-4H3,(H,21,27)(H,22,30)(H,23,26)(H,24,25)(H,28,29);1H2. The Labute approximate surface area is 185 Å². The summed E-state index contributed by atoms with van der Waals surface area (Å²) in [6.45, 7) is 4.58. The maximum atomic E-state index is 12.3. The van der Waals surface area contributed by atoms with Crippen LogP contribution < -0.4 is 21.3 Å². The van der Waals surface area contributed by atoms with Gasteiger partial charge in [-0.05, 0) is 33.3 Å². The number of carboxylic acids is 1. The van der Waals surface area contributed by atoms with Gasteiger partial charge in [0.1, 0.15) is 24.2 Å². The molecular formula is C20H30N4O8. The van der Waals surface area contributed by atoms with Gasteiger partial charge in [0, 0.05) is 0 Å². The molecule has 1 aromatic rings. The molecule has 0 bridgehead atoms. The summed E-state index contributed by atoms with van der Waals surface area (Å²) in [5.41, 5.74) is -2.10. The quantitative estimate of drug-likeness (QED) is 0.301. The Kier molecular flexibility index (Phi) is 10.8. The van der Waals surface area contributed by atoms with Crippen molar-refractivity contribution >= 4 is 29.8 Å². The fourth-order valence-corrected chi connectivity index (χ4v) is 2.20. The summed E-state index contributed by atoms with van der Waals surface area (Å²) in [5, 5.41) is 18.3. The molecule has 4 amide bonds. The number of carbonyl (C=O) groups is 5. The lowest BCUT2D eigenvalue weighted by atomic mass is 10.0. The van der Waals surface area contributed by atoms with E-state index >= 15 is 0 Å². The monoisotopic (exact) mass is 454 g/mol. The Hall–Kier alpha value is -3.67.